The average Bonchev–Trinajstić information content (AvgIpc) is 3.24. The van der Waals surface area contributed by atoms with Crippen LogP contribution in [0.25, 0.3) is 22.5 Å². The van der Waals surface area contributed by atoms with Crippen LogP contribution in [0, 0.1) is 20.8 Å². The van der Waals surface area contributed by atoms with Crippen molar-refractivity contribution in [1.82, 2.24) is 14.8 Å². The van der Waals surface area contributed by atoms with Gasteiger partial charge in [0.25, 0.3) is 5.91 Å². The first kappa shape index (κ1) is 20.8. The molecule has 33 heavy (non-hydrogen) atoms. The van der Waals surface area contributed by atoms with E-state index < -0.39 is 6.03 Å². The highest BCUT2D eigenvalue weighted by atomic mass is 16.2. The number of hydrogen-bond donors (Lipinski definition) is 1. The molecule has 5 rings (SSSR count). The van der Waals surface area contributed by atoms with E-state index in [0.717, 1.165) is 39.2 Å². The van der Waals surface area contributed by atoms with Gasteiger partial charge in [0.05, 0.1) is 12.2 Å². The molecule has 2 heterocycles. The number of aryl methyl sites for hydroxylation is 2. The molecule has 1 aromatic heterocycles. The maximum atomic E-state index is 13.0. The highest BCUT2D eigenvalue weighted by Gasteiger charge is 2.33. The fraction of sp³-hybridized carbons (Fsp3) is 0.143. The number of carbonyl (C=O) groups excluding carboxylic acids is 2. The summed E-state index contributed by atoms with van der Waals surface area (Å²) in [5, 5.41) is 5.08. The molecule has 0 spiro atoms. The zero-order chi connectivity index (χ0) is 23.1. The van der Waals surface area contributed by atoms with Crippen molar-refractivity contribution in [2.45, 2.75) is 27.3 Å². The number of carbonyl (C=O) groups is 2. The zero-order valence-corrected chi connectivity index (χ0v) is 18.9. The first-order valence-corrected chi connectivity index (χ1v) is 11.0. The third-order valence-electron chi connectivity index (χ3n) is 6.20. The lowest BCUT2D eigenvalue weighted by Gasteiger charge is -2.13. The molecule has 4 aromatic rings. The van der Waals surface area contributed by atoms with Crippen LogP contribution >= 0.6 is 0 Å². The first-order valence-electron chi connectivity index (χ1n) is 11.0. The molecule has 5 heteroatoms. The summed E-state index contributed by atoms with van der Waals surface area (Å²) in [6, 6.07) is 24.0. The third-order valence-corrected chi connectivity index (χ3v) is 6.20. The normalized spacial score (nSPS) is 15.0. The van der Waals surface area contributed by atoms with E-state index in [0.29, 0.717) is 5.70 Å². The fourth-order valence-corrected chi connectivity index (χ4v) is 4.45. The van der Waals surface area contributed by atoms with Crippen LogP contribution in [0.3, 0.4) is 0 Å². The minimum absolute atomic E-state index is 0.247. The van der Waals surface area contributed by atoms with E-state index >= 15 is 0 Å². The lowest BCUT2D eigenvalue weighted by Crippen LogP contribution is -2.30. The number of hydrogen-bond acceptors (Lipinski definition) is 2. The Labute approximate surface area is 193 Å². The molecular weight excluding hydrogens is 410 g/mol. The number of nitrogens with one attached hydrogen (secondary N) is 1. The Morgan fingerprint density at radius 1 is 0.879 bits per heavy atom. The highest BCUT2D eigenvalue weighted by molar-refractivity contribution is 6.14. The largest absolute Gasteiger partial charge is 0.329 e. The second-order valence-corrected chi connectivity index (χ2v) is 8.53. The topological polar surface area (TPSA) is 54.3 Å². The molecule has 1 saturated heterocycles. The van der Waals surface area contributed by atoms with Gasteiger partial charge in [0.2, 0.25) is 0 Å². The van der Waals surface area contributed by atoms with Crippen molar-refractivity contribution in [2.75, 3.05) is 0 Å². The molecule has 3 amide bonds. The van der Waals surface area contributed by atoms with Crippen molar-refractivity contribution in [3.05, 3.63) is 107 Å². The van der Waals surface area contributed by atoms with Gasteiger partial charge < -0.3 is 9.88 Å². The summed E-state index contributed by atoms with van der Waals surface area (Å²) in [5.74, 6) is -0.310. The molecule has 0 saturated carbocycles. The molecule has 1 aliphatic heterocycles. The van der Waals surface area contributed by atoms with Crippen LogP contribution in [0.2, 0.25) is 0 Å². The Morgan fingerprint density at radius 3 is 2.39 bits per heavy atom. The first-order chi connectivity index (χ1) is 15.9. The highest BCUT2D eigenvalue weighted by Crippen LogP contribution is 2.29. The second-order valence-electron chi connectivity index (χ2n) is 8.53. The van der Waals surface area contributed by atoms with Crippen molar-refractivity contribution in [1.29, 1.82) is 0 Å². The van der Waals surface area contributed by atoms with Crippen LogP contribution in [0.1, 0.15) is 28.1 Å². The summed E-state index contributed by atoms with van der Waals surface area (Å²) >= 11 is 0. The van der Waals surface area contributed by atoms with Gasteiger partial charge in [-0.2, -0.15) is 0 Å². The van der Waals surface area contributed by atoms with Gasteiger partial charge >= 0.3 is 6.03 Å². The molecule has 1 aliphatic rings. The molecule has 3 aromatic carbocycles. The summed E-state index contributed by atoms with van der Waals surface area (Å²) in [4.78, 5) is 26.8. The van der Waals surface area contributed by atoms with Gasteiger partial charge in [-0.05, 0) is 55.5 Å². The summed E-state index contributed by atoms with van der Waals surface area (Å²) in [5.41, 5.74) is 6.42. The molecule has 0 unspecified atom stereocenters. The van der Waals surface area contributed by atoms with Crippen molar-refractivity contribution in [3.8, 4) is 5.69 Å². The van der Waals surface area contributed by atoms with Gasteiger partial charge in [0.15, 0.2) is 0 Å². The third kappa shape index (κ3) is 3.72. The second kappa shape index (κ2) is 8.10. The number of nitrogens with zero attached hydrogens (tertiary/aromatic N) is 2. The number of aromatic nitrogens is 1. The lowest BCUT2D eigenvalue weighted by atomic mass is 10.1. The number of imide groups is 1. The van der Waals surface area contributed by atoms with E-state index in [-0.39, 0.29) is 12.5 Å². The Hall–Kier alpha value is -4.12. The van der Waals surface area contributed by atoms with Crippen LogP contribution in [0.4, 0.5) is 4.79 Å². The number of amides is 3. The fourth-order valence-electron chi connectivity index (χ4n) is 4.45. The number of urea groups is 1. The Bertz CT molecular complexity index is 1420. The lowest BCUT2D eigenvalue weighted by molar-refractivity contribution is -0.123. The molecule has 0 radical (unpaired) electrons. The monoisotopic (exact) mass is 435 g/mol. The van der Waals surface area contributed by atoms with E-state index in [1.54, 1.807) is 6.08 Å². The van der Waals surface area contributed by atoms with Crippen molar-refractivity contribution in [2.24, 2.45) is 0 Å². The molecule has 0 aliphatic carbocycles. The Morgan fingerprint density at radius 2 is 1.61 bits per heavy atom. The Kier molecular flexibility index (Phi) is 5.09. The predicted octanol–water partition coefficient (Wildman–Crippen LogP) is 5.65. The number of rotatable bonds is 4. The molecule has 1 fully saturated rings. The summed E-state index contributed by atoms with van der Waals surface area (Å²) < 4.78 is 2.19. The summed E-state index contributed by atoms with van der Waals surface area (Å²) in [6.07, 6.45) is 1.78. The van der Waals surface area contributed by atoms with Gasteiger partial charge in [-0.25, -0.2) is 4.79 Å². The van der Waals surface area contributed by atoms with Gasteiger partial charge in [-0.1, -0.05) is 66.2 Å². The quantitative estimate of drug-likeness (QED) is 0.333. The van der Waals surface area contributed by atoms with E-state index in [1.165, 1.54) is 10.3 Å². The van der Waals surface area contributed by atoms with Gasteiger partial charge in [-0.15, -0.1) is 0 Å². The van der Waals surface area contributed by atoms with Crippen molar-refractivity contribution >= 4 is 28.8 Å². The SMILES string of the molecule is Cc1ccc(CN2C(=O)N/C(=C/c3cc(C)n(-c4cccc5ccccc45)c3C)C2=O)cc1. The van der Waals surface area contributed by atoms with Crippen LogP contribution in [0.15, 0.2) is 78.5 Å². The minimum Gasteiger partial charge on any atom is -0.317 e. The zero-order valence-electron chi connectivity index (χ0n) is 18.9. The molecule has 164 valence electrons. The van der Waals surface area contributed by atoms with E-state index in [2.05, 4.69) is 47.1 Å². The van der Waals surface area contributed by atoms with E-state index in [1.807, 2.05) is 56.3 Å². The standard InChI is InChI=1S/C28H25N3O2/c1-18-11-13-21(14-12-18)17-30-27(32)25(29-28(30)33)16-23-15-19(2)31(20(23)3)26-10-6-8-22-7-4-5-9-24(22)26/h4-16H,17H2,1-3H3,(H,29,33)/b25-16+. The average molecular weight is 436 g/mol. The van der Waals surface area contributed by atoms with Crippen molar-refractivity contribution < 1.29 is 9.59 Å². The van der Waals surface area contributed by atoms with Crippen molar-refractivity contribution in [3.63, 3.8) is 0 Å². The maximum absolute atomic E-state index is 13.0. The van der Waals surface area contributed by atoms with Gasteiger partial charge in [-0.3, -0.25) is 9.69 Å². The van der Waals surface area contributed by atoms with E-state index in [4.69, 9.17) is 0 Å². The van der Waals surface area contributed by atoms with Gasteiger partial charge in [0, 0.05) is 16.8 Å². The predicted molar refractivity (Wildman–Crippen MR) is 131 cm³/mol. The Balaban J connectivity index is 1.48. The van der Waals surface area contributed by atoms with Crippen LogP contribution in [-0.4, -0.2) is 21.4 Å². The number of benzene rings is 3. The molecule has 0 atom stereocenters. The number of fused-ring (bicyclic) bond motifs is 1. The van der Waals surface area contributed by atoms with Crippen LogP contribution < -0.4 is 5.32 Å². The molecule has 5 nitrogen and oxygen atoms in total. The van der Waals surface area contributed by atoms with Gasteiger partial charge in [0.1, 0.15) is 5.70 Å². The maximum Gasteiger partial charge on any atom is 0.329 e. The smallest absolute Gasteiger partial charge is 0.317 e. The van der Waals surface area contributed by atoms with E-state index in [9.17, 15) is 9.59 Å². The minimum atomic E-state index is -0.394. The molecule has 0 bridgehead atoms. The summed E-state index contributed by atoms with van der Waals surface area (Å²) in [7, 11) is 0. The molecular formula is C28H25N3O2. The molecule has 1 N–H and O–H groups in total. The van der Waals surface area contributed by atoms with Crippen LogP contribution in [0.5, 0.6) is 0 Å². The summed E-state index contributed by atoms with van der Waals surface area (Å²) in [6.45, 7) is 6.34. The van der Waals surface area contributed by atoms with Crippen LogP contribution in [-0.2, 0) is 11.3 Å².